The van der Waals surface area contributed by atoms with Crippen LogP contribution in [0.15, 0.2) is 63.0 Å². The van der Waals surface area contributed by atoms with Crippen molar-refractivity contribution in [3.63, 3.8) is 0 Å². The molecule has 0 bridgehead atoms. The smallest absolute Gasteiger partial charge is 0.270 e. The van der Waals surface area contributed by atoms with Crippen LogP contribution in [0.2, 0.25) is 0 Å². The van der Waals surface area contributed by atoms with Gasteiger partial charge in [0.05, 0.1) is 5.69 Å². The number of carbonyl (C=O) groups is 2. The van der Waals surface area contributed by atoms with E-state index in [1.54, 1.807) is 30.3 Å². The molecule has 0 atom stereocenters. The highest BCUT2D eigenvalue weighted by molar-refractivity contribution is 9.10. The van der Waals surface area contributed by atoms with Crippen molar-refractivity contribution in [1.29, 1.82) is 0 Å². The molecular weight excluding hydrogens is 456 g/mol. The molecule has 7 heteroatoms. The normalized spacial score (nSPS) is 16.5. The maximum Gasteiger partial charge on any atom is 0.270 e. The van der Waals surface area contributed by atoms with E-state index in [0.29, 0.717) is 5.69 Å². The fourth-order valence-electron chi connectivity index (χ4n) is 2.21. The van der Waals surface area contributed by atoms with Gasteiger partial charge in [-0.05, 0) is 60.3 Å². The monoisotopic (exact) mass is 464 g/mol. The minimum Gasteiger partial charge on any atom is -0.298 e. The Morgan fingerprint density at radius 3 is 2.04 bits per heavy atom. The molecule has 0 aliphatic carbocycles. The van der Waals surface area contributed by atoms with E-state index in [2.05, 4.69) is 37.2 Å². The molecule has 3 rings (SSSR count). The molecule has 0 saturated carbocycles. The lowest BCUT2D eigenvalue weighted by molar-refractivity contribution is -0.122. The number of benzene rings is 2. The van der Waals surface area contributed by atoms with Crippen LogP contribution in [0.1, 0.15) is 5.56 Å². The lowest BCUT2D eigenvalue weighted by Crippen LogP contribution is -2.54. The van der Waals surface area contributed by atoms with Crippen molar-refractivity contribution >= 4 is 72.8 Å². The van der Waals surface area contributed by atoms with Crippen molar-refractivity contribution in [1.82, 2.24) is 5.32 Å². The SMILES string of the molecule is O=C1NC(=S)N(c2ccc(Br)cc2)C(=O)/C1=C/c1ccc(Br)cc1. The number of hydrogen-bond acceptors (Lipinski definition) is 3. The van der Waals surface area contributed by atoms with E-state index in [0.717, 1.165) is 14.5 Å². The molecular formula is C17H10Br2N2O2S. The summed E-state index contributed by atoms with van der Waals surface area (Å²) >= 11 is 11.9. The molecule has 0 radical (unpaired) electrons. The van der Waals surface area contributed by atoms with E-state index in [1.165, 1.54) is 4.90 Å². The van der Waals surface area contributed by atoms with Crippen LogP contribution in [-0.2, 0) is 9.59 Å². The molecule has 1 aliphatic rings. The van der Waals surface area contributed by atoms with E-state index < -0.39 is 11.8 Å². The van der Waals surface area contributed by atoms with Crippen molar-refractivity contribution in [3.8, 4) is 0 Å². The number of thiocarbonyl (C=S) groups is 1. The average Bonchev–Trinajstić information content (AvgIpc) is 2.55. The van der Waals surface area contributed by atoms with Crippen molar-refractivity contribution in [2.75, 3.05) is 4.90 Å². The van der Waals surface area contributed by atoms with Gasteiger partial charge in [0.15, 0.2) is 5.11 Å². The molecule has 1 saturated heterocycles. The van der Waals surface area contributed by atoms with Crippen molar-refractivity contribution in [2.24, 2.45) is 0 Å². The molecule has 2 aromatic carbocycles. The molecule has 0 unspecified atom stereocenters. The summed E-state index contributed by atoms with van der Waals surface area (Å²) in [5.74, 6) is -0.949. The number of rotatable bonds is 2. The second kappa shape index (κ2) is 6.96. The highest BCUT2D eigenvalue weighted by Crippen LogP contribution is 2.24. The van der Waals surface area contributed by atoms with Crippen molar-refractivity contribution < 1.29 is 9.59 Å². The summed E-state index contributed by atoms with van der Waals surface area (Å²) in [5, 5.41) is 2.63. The Kier molecular flexibility index (Phi) is 4.93. The van der Waals surface area contributed by atoms with Crippen molar-refractivity contribution in [3.05, 3.63) is 68.6 Å². The fraction of sp³-hybridized carbons (Fsp3) is 0. The number of nitrogens with zero attached hydrogens (tertiary/aromatic N) is 1. The molecule has 2 amide bonds. The van der Waals surface area contributed by atoms with Gasteiger partial charge in [0, 0.05) is 8.95 Å². The zero-order valence-corrected chi connectivity index (χ0v) is 16.1. The minimum absolute atomic E-state index is 0.0360. The molecule has 120 valence electrons. The second-order valence-electron chi connectivity index (χ2n) is 4.99. The minimum atomic E-state index is -0.499. The second-order valence-corrected chi connectivity index (χ2v) is 7.20. The Balaban J connectivity index is 1.99. The van der Waals surface area contributed by atoms with E-state index in [1.807, 2.05) is 24.3 Å². The molecule has 1 heterocycles. The first-order valence-corrected chi connectivity index (χ1v) is 8.88. The molecule has 0 spiro atoms. The third-order valence-corrected chi connectivity index (χ3v) is 4.71. The summed E-state index contributed by atoms with van der Waals surface area (Å²) in [6, 6.07) is 14.4. The Hall–Kier alpha value is -1.83. The number of carbonyl (C=O) groups excluding carboxylic acids is 2. The number of halogens is 2. The van der Waals surface area contributed by atoms with Crippen LogP contribution in [0, 0.1) is 0 Å². The molecule has 0 aromatic heterocycles. The third kappa shape index (κ3) is 3.48. The standard InChI is InChI=1S/C17H10Br2N2O2S/c18-11-3-1-10(2-4-11)9-14-15(22)20-17(24)21(16(14)23)13-7-5-12(19)6-8-13/h1-9H,(H,20,22,24)/b14-9+. The Morgan fingerprint density at radius 1 is 0.917 bits per heavy atom. The van der Waals surface area contributed by atoms with Gasteiger partial charge in [-0.25, -0.2) is 0 Å². The largest absolute Gasteiger partial charge is 0.298 e. The molecule has 2 aromatic rings. The number of amides is 2. The quantitative estimate of drug-likeness (QED) is 0.413. The summed E-state index contributed by atoms with van der Waals surface area (Å²) in [5.41, 5.74) is 1.38. The maximum absolute atomic E-state index is 12.8. The van der Waals surface area contributed by atoms with E-state index >= 15 is 0 Å². The van der Waals surface area contributed by atoms with Crippen LogP contribution >= 0.6 is 44.1 Å². The van der Waals surface area contributed by atoms with E-state index in [9.17, 15) is 9.59 Å². The van der Waals surface area contributed by atoms with Gasteiger partial charge in [0.25, 0.3) is 11.8 Å². The molecule has 24 heavy (non-hydrogen) atoms. The first-order chi connectivity index (χ1) is 11.5. The van der Waals surface area contributed by atoms with Gasteiger partial charge >= 0.3 is 0 Å². The van der Waals surface area contributed by atoms with Gasteiger partial charge in [-0.3, -0.25) is 19.8 Å². The van der Waals surface area contributed by atoms with Gasteiger partial charge in [-0.15, -0.1) is 0 Å². The first kappa shape index (κ1) is 17.0. The van der Waals surface area contributed by atoms with Gasteiger partial charge in [0.1, 0.15) is 5.57 Å². The first-order valence-electron chi connectivity index (χ1n) is 6.88. The zero-order valence-electron chi connectivity index (χ0n) is 12.1. The predicted molar refractivity (Wildman–Crippen MR) is 104 cm³/mol. The zero-order chi connectivity index (χ0) is 17.3. The van der Waals surface area contributed by atoms with Crippen LogP contribution in [0.3, 0.4) is 0 Å². The Bertz CT molecular complexity index is 861. The summed E-state index contributed by atoms with van der Waals surface area (Å²) in [4.78, 5) is 26.3. The van der Waals surface area contributed by atoms with Crippen molar-refractivity contribution in [2.45, 2.75) is 0 Å². The van der Waals surface area contributed by atoms with Gasteiger partial charge in [-0.2, -0.15) is 0 Å². The van der Waals surface area contributed by atoms with Crippen LogP contribution in [0.4, 0.5) is 5.69 Å². The highest BCUT2D eigenvalue weighted by Gasteiger charge is 2.34. The topological polar surface area (TPSA) is 49.4 Å². The van der Waals surface area contributed by atoms with E-state index in [4.69, 9.17) is 12.2 Å². The van der Waals surface area contributed by atoms with E-state index in [-0.39, 0.29) is 10.7 Å². The Morgan fingerprint density at radius 2 is 1.46 bits per heavy atom. The molecule has 1 aliphatic heterocycles. The van der Waals surface area contributed by atoms with Crippen LogP contribution in [0.25, 0.3) is 6.08 Å². The molecule has 1 fully saturated rings. The average molecular weight is 466 g/mol. The predicted octanol–water partition coefficient (Wildman–Crippen LogP) is 4.04. The fourth-order valence-corrected chi connectivity index (χ4v) is 3.02. The Labute approximate surface area is 160 Å². The van der Waals surface area contributed by atoms with Gasteiger partial charge < -0.3 is 0 Å². The maximum atomic E-state index is 12.8. The van der Waals surface area contributed by atoms with Gasteiger partial charge in [-0.1, -0.05) is 44.0 Å². The molecule has 1 N–H and O–H groups in total. The summed E-state index contributed by atoms with van der Waals surface area (Å²) in [6.45, 7) is 0. The summed E-state index contributed by atoms with van der Waals surface area (Å²) in [6.07, 6.45) is 1.55. The summed E-state index contributed by atoms with van der Waals surface area (Å²) < 4.78 is 1.80. The van der Waals surface area contributed by atoms with Crippen LogP contribution in [-0.4, -0.2) is 16.9 Å². The van der Waals surface area contributed by atoms with Crippen LogP contribution < -0.4 is 10.2 Å². The summed E-state index contributed by atoms with van der Waals surface area (Å²) in [7, 11) is 0. The number of hydrogen-bond donors (Lipinski definition) is 1. The lowest BCUT2D eigenvalue weighted by Gasteiger charge is -2.28. The highest BCUT2D eigenvalue weighted by atomic mass is 79.9. The van der Waals surface area contributed by atoms with Gasteiger partial charge in [0.2, 0.25) is 0 Å². The number of nitrogens with one attached hydrogen (secondary N) is 1. The molecule has 4 nitrogen and oxygen atoms in total. The van der Waals surface area contributed by atoms with Crippen LogP contribution in [0.5, 0.6) is 0 Å². The number of anilines is 1. The third-order valence-electron chi connectivity index (χ3n) is 3.37. The lowest BCUT2D eigenvalue weighted by atomic mass is 10.1.